The lowest BCUT2D eigenvalue weighted by atomic mass is 9.91. The van der Waals surface area contributed by atoms with Gasteiger partial charge in [0.1, 0.15) is 5.41 Å². The molecule has 0 aromatic carbocycles. The highest BCUT2D eigenvalue weighted by molar-refractivity contribution is 5.86. The van der Waals surface area contributed by atoms with Gasteiger partial charge in [-0.1, -0.05) is 0 Å². The van der Waals surface area contributed by atoms with Crippen LogP contribution in [0.3, 0.4) is 0 Å². The van der Waals surface area contributed by atoms with Gasteiger partial charge in [0.2, 0.25) is 5.91 Å². The van der Waals surface area contributed by atoms with Crippen LogP contribution in [0.2, 0.25) is 0 Å². The van der Waals surface area contributed by atoms with Crippen molar-refractivity contribution in [1.29, 1.82) is 5.26 Å². The molecule has 1 amide bonds. The molecule has 1 rings (SSSR count). The number of rotatable bonds is 0. The van der Waals surface area contributed by atoms with Crippen LogP contribution in [-0.4, -0.2) is 24.4 Å². The molecule has 1 atom stereocenters. The zero-order chi connectivity index (χ0) is 7.78. The third kappa shape index (κ3) is 0.766. The molecule has 0 aromatic heterocycles. The van der Waals surface area contributed by atoms with Crippen molar-refractivity contribution in [3.05, 3.63) is 0 Å². The van der Waals surface area contributed by atoms with Gasteiger partial charge in [0.15, 0.2) is 0 Å². The molecule has 1 aliphatic heterocycles. The van der Waals surface area contributed by atoms with E-state index in [0.717, 1.165) is 0 Å². The van der Waals surface area contributed by atoms with E-state index in [2.05, 4.69) is 0 Å². The normalized spacial score (nSPS) is 32.5. The molecule has 3 nitrogen and oxygen atoms in total. The Morgan fingerprint density at radius 3 is 2.60 bits per heavy atom. The summed E-state index contributed by atoms with van der Waals surface area (Å²) in [6.07, 6.45) is 0.666. The third-order valence-electron chi connectivity index (χ3n) is 2.01. The number of carbonyl (C=O) groups excluding carboxylic acids is 1. The van der Waals surface area contributed by atoms with E-state index in [1.807, 2.05) is 6.07 Å². The molecule has 1 unspecified atom stereocenters. The van der Waals surface area contributed by atoms with Crippen LogP contribution in [0.4, 0.5) is 0 Å². The van der Waals surface area contributed by atoms with Crippen LogP contribution in [-0.2, 0) is 4.79 Å². The Kier molecular flexibility index (Phi) is 1.40. The van der Waals surface area contributed by atoms with E-state index in [4.69, 9.17) is 5.26 Å². The first kappa shape index (κ1) is 7.07. The standard InChI is InChI=1S/C7H10N2O/c1-7(5-8)3-4-9(2)6(7)10/h3-4H2,1-2H3. The van der Waals surface area contributed by atoms with Crippen molar-refractivity contribution in [2.45, 2.75) is 13.3 Å². The van der Waals surface area contributed by atoms with Crippen LogP contribution in [0.1, 0.15) is 13.3 Å². The van der Waals surface area contributed by atoms with Crippen molar-refractivity contribution in [3.63, 3.8) is 0 Å². The van der Waals surface area contributed by atoms with Crippen LogP contribution in [0.5, 0.6) is 0 Å². The lowest BCUT2D eigenvalue weighted by molar-refractivity contribution is -0.131. The summed E-state index contributed by atoms with van der Waals surface area (Å²) in [5.74, 6) is -0.0463. The molecule has 0 aromatic rings. The van der Waals surface area contributed by atoms with Crippen molar-refractivity contribution in [1.82, 2.24) is 4.90 Å². The minimum absolute atomic E-state index is 0.0463. The molecule has 1 fully saturated rings. The number of nitriles is 1. The van der Waals surface area contributed by atoms with Crippen molar-refractivity contribution < 1.29 is 4.79 Å². The van der Waals surface area contributed by atoms with Crippen LogP contribution >= 0.6 is 0 Å². The fraction of sp³-hybridized carbons (Fsp3) is 0.714. The molecule has 0 radical (unpaired) electrons. The summed E-state index contributed by atoms with van der Waals surface area (Å²) < 4.78 is 0. The van der Waals surface area contributed by atoms with Crippen LogP contribution in [0, 0.1) is 16.7 Å². The largest absolute Gasteiger partial charge is 0.344 e. The summed E-state index contributed by atoms with van der Waals surface area (Å²) in [7, 11) is 1.73. The van der Waals surface area contributed by atoms with Gasteiger partial charge in [-0.05, 0) is 13.3 Å². The molecular weight excluding hydrogens is 128 g/mol. The maximum atomic E-state index is 11.2. The monoisotopic (exact) mass is 138 g/mol. The highest BCUT2D eigenvalue weighted by Gasteiger charge is 2.41. The van der Waals surface area contributed by atoms with E-state index in [1.165, 1.54) is 0 Å². The van der Waals surface area contributed by atoms with E-state index < -0.39 is 5.41 Å². The molecule has 0 bridgehead atoms. The predicted molar refractivity (Wildman–Crippen MR) is 36.0 cm³/mol. The zero-order valence-electron chi connectivity index (χ0n) is 6.22. The number of hydrogen-bond donors (Lipinski definition) is 0. The molecule has 0 aliphatic carbocycles. The van der Waals surface area contributed by atoms with Crippen molar-refractivity contribution in [2.75, 3.05) is 13.6 Å². The molecule has 0 saturated carbocycles. The summed E-state index contributed by atoms with van der Waals surface area (Å²) in [6, 6.07) is 2.03. The number of nitrogens with zero attached hydrogens (tertiary/aromatic N) is 2. The number of carbonyl (C=O) groups is 1. The van der Waals surface area contributed by atoms with Crippen LogP contribution in [0.25, 0.3) is 0 Å². The smallest absolute Gasteiger partial charge is 0.242 e. The quantitative estimate of drug-likeness (QED) is 0.485. The fourth-order valence-electron chi connectivity index (χ4n) is 1.12. The molecule has 0 spiro atoms. The maximum absolute atomic E-state index is 11.2. The SMILES string of the molecule is CN1CCC(C)(C#N)C1=O. The summed E-state index contributed by atoms with van der Waals surface area (Å²) in [4.78, 5) is 12.8. The lowest BCUT2D eigenvalue weighted by Crippen LogP contribution is -2.28. The Labute approximate surface area is 60.2 Å². The molecule has 54 valence electrons. The first-order chi connectivity index (χ1) is 4.60. The molecule has 3 heteroatoms. The minimum Gasteiger partial charge on any atom is -0.344 e. The average molecular weight is 138 g/mol. The summed E-state index contributed by atoms with van der Waals surface area (Å²) >= 11 is 0. The summed E-state index contributed by atoms with van der Waals surface area (Å²) in [5, 5.41) is 8.62. The van der Waals surface area contributed by atoms with Gasteiger partial charge in [0.25, 0.3) is 0 Å². The van der Waals surface area contributed by atoms with Crippen molar-refractivity contribution in [3.8, 4) is 6.07 Å². The van der Waals surface area contributed by atoms with Gasteiger partial charge in [-0.25, -0.2) is 0 Å². The Bertz CT molecular complexity index is 206. The second-order valence-corrected chi connectivity index (χ2v) is 2.92. The Hall–Kier alpha value is -1.04. The zero-order valence-corrected chi connectivity index (χ0v) is 6.22. The number of amides is 1. The molecule has 1 saturated heterocycles. The van der Waals surface area contributed by atoms with Gasteiger partial charge in [-0.2, -0.15) is 5.26 Å². The maximum Gasteiger partial charge on any atom is 0.242 e. The van der Waals surface area contributed by atoms with Gasteiger partial charge in [0.05, 0.1) is 6.07 Å². The first-order valence-electron chi connectivity index (χ1n) is 3.27. The summed E-state index contributed by atoms with van der Waals surface area (Å²) in [6.45, 7) is 2.40. The molecule has 1 heterocycles. The first-order valence-corrected chi connectivity index (χ1v) is 3.27. The van der Waals surface area contributed by atoms with Crippen LogP contribution in [0.15, 0.2) is 0 Å². The minimum atomic E-state index is -0.741. The summed E-state index contributed by atoms with van der Waals surface area (Å²) in [5.41, 5.74) is -0.741. The fourth-order valence-corrected chi connectivity index (χ4v) is 1.12. The van der Waals surface area contributed by atoms with E-state index in [-0.39, 0.29) is 5.91 Å². The Balaban J connectivity index is 2.86. The lowest BCUT2D eigenvalue weighted by Gasteiger charge is -2.11. The number of likely N-dealkylation sites (tertiary alicyclic amines) is 1. The second-order valence-electron chi connectivity index (χ2n) is 2.92. The topological polar surface area (TPSA) is 44.1 Å². The predicted octanol–water partition coefficient (Wildman–Crippen LogP) is 0.378. The highest BCUT2D eigenvalue weighted by atomic mass is 16.2. The molecular formula is C7H10N2O. The van der Waals surface area contributed by atoms with E-state index in [0.29, 0.717) is 13.0 Å². The average Bonchev–Trinajstić information content (AvgIpc) is 2.19. The van der Waals surface area contributed by atoms with E-state index >= 15 is 0 Å². The van der Waals surface area contributed by atoms with Gasteiger partial charge >= 0.3 is 0 Å². The Morgan fingerprint density at radius 2 is 2.40 bits per heavy atom. The van der Waals surface area contributed by atoms with Crippen molar-refractivity contribution >= 4 is 5.91 Å². The van der Waals surface area contributed by atoms with Crippen LogP contribution < -0.4 is 0 Å². The Morgan fingerprint density at radius 1 is 1.80 bits per heavy atom. The molecule has 1 aliphatic rings. The van der Waals surface area contributed by atoms with Gasteiger partial charge in [-0.3, -0.25) is 4.79 Å². The third-order valence-corrected chi connectivity index (χ3v) is 2.01. The van der Waals surface area contributed by atoms with Gasteiger partial charge in [-0.15, -0.1) is 0 Å². The van der Waals surface area contributed by atoms with Gasteiger partial charge < -0.3 is 4.90 Å². The molecule has 10 heavy (non-hydrogen) atoms. The van der Waals surface area contributed by atoms with Gasteiger partial charge in [0, 0.05) is 13.6 Å². The number of hydrogen-bond acceptors (Lipinski definition) is 2. The second kappa shape index (κ2) is 1.98. The van der Waals surface area contributed by atoms with E-state index in [9.17, 15) is 4.79 Å². The molecule has 0 N–H and O–H groups in total. The highest BCUT2D eigenvalue weighted by Crippen LogP contribution is 2.28. The van der Waals surface area contributed by atoms with Crippen molar-refractivity contribution in [2.24, 2.45) is 5.41 Å². The van der Waals surface area contributed by atoms with E-state index in [1.54, 1.807) is 18.9 Å².